The van der Waals surface area contributed by atoms with Gasteiger partial charge < -0.3 is 10.1 Å². The second-order valence-corrected chi connectivity index (χ2v) is 7.03. The number of ether oxygens (including phenoxy) is 1. The summed E-state index contributed by atoms with van der Waals surface area (Å²) in [6.45, 7) is 2.17. The SMILES string of the molecule is COC(=O)c1ccc([C@@H]2Nc3ccc(C)cc3[C@@H]3CCC[C@@H]32)cc1. The van der Waals surface area contributed by atoms with Crippen LogP contribution in [0.5, 0.6) is 0 Å². The normalized spacial score (nSPS) is 24.7. The number of hydrogen-bond donors (Lipinski definition) is 1. The summed E-state index contributed by atoms with van der Waals surface area (Å²) in [5.41, 5.74) is 5.95. The van der Waals surface area contributed by atoms with E-state index >= 15 is 0 Å². The van der Waals surface area contributed by atoms with Crippen LogP contribution in [0.1, 0.15) is 58.3 Å². The Kier molecular flexibility index (Phi) is 3.79. The Morgan fingerprint density at radius 3 is 2.67 bits per heavy atom. The molecule has 0 amide bonds. The molecule has 0 bridgehead atoms. The number of benzene rings is 2. The average Bonchev–Trinajstić information content (AvgIpc) is 3.11. The number of nitrogens with one attached hydrogen (secondary N) is 1. The molecule has 3 atom stereocenters. The predicted molar refractivity (Wildman–Crippen MR) is 95.4 cm³/mol. The lowest BCUT2D eigenvalue weighted by atomic mass is 9.77. The summed E-state index contributed by atoms with van der Waals surface area (Å²) in [6.07, 6.45) is 3.83. The number of rotatable bonds is 2. The second-order valence-electron chi connectivity index (χ2n) is 7.03. The minimum atomic E-state index is -0.280. The van der Waals surface area contributed by atoms with Crippen LogP contribution in [0.3, 0.4) is 0 Å². The lowest BCUT2D eigenvalue weighted by Gasteiger charge is -2.38. The Hall–Kier alpha value is -2.29. The monoisotopic (exact) mass is 321 g/mol. The molecule has 2 aromatic rings. The zero-order chi connectivity index (χ0) is 16.7. The molecule has 1 heterocycles. The van der Waals surface area contributed by atoms with Crippen LogP contribution >= 0.6 is 0 Å². The van der Waals surface area contributed by atoms with Crippen LogP contribution in [0.25, 0.3) is 0 Å². The number of aryl methyl sites for hydroxylation is 1. The molecule has 3 nitrogen and oxygen atoms in total. The van der Waals surface area contributed by atoms with E-state index in [1.54, 1.807) is 0 Å². The van der Waals surface area contributed by atoms with Gasteiger partial charge >= 0.3 is 5.97 Å². The molecular formula is C21H23NO2. The van der Waals surface area contributed by atoms with Gasteiger partial charge in [-0.25, -0.2) is 4.79 Å². The summed E-state index contributed by atoms with van der Waals surface area (Å²) in [5.74, 6) is 0.993. The lowest BCUT2D eigenvalue weighted by molar-refractivity contribution is 0.0600. The van der Waals surface area contributed by atoms with Gasteiger partial charge in [0.05, 0.1) is 18.7 Å². The Morgan fingerprint density at radius 2 is 1.92 bits per heavy atom. The van der Waals surface area contributed by atoms with Crippen molar-refractivity contribution in [3.8, 4) is 0 Å². The molecule has 0 spiro atoms. The molecule has 124 valence electrons. The van der Waals surface area contributed by atoms with Gasteiger partial charge in [0.25, 0.3) is 0 Å². The maximum atomic E-state index is 11.6. The Morgan fingerprint density at radius 1 is 1.12 bits per heavy atom. The van der Waals surface area contributed by atoms with Crippen molar-refractivity contribution in [2.45, 2.75) is 38.1 Å². The average molecular weight is 321 g/mol. The first-order valence-electron chi connectivity index (χ1n) is 8.73. The first-order valence-corrected chi connectivity index (χ1v) is 8.73. The quantitative estimate of drug-likeness (QED) is 0.805. The highest BCUT2D eigenvalue weighted by atomic mass is 16.5. The number of esters is 1. The molecule has 1 saturated carbocycles. The molecule has 1 N–H and O–H groups in total. The number of hydrogen-bond acceptors (Lipinski definition) is 3. The van der Waals surface area contributed by atoms with Gasteiger partial charge in [-0.15, -0.1) is 0 Å². The molecule has 0 radical (unpaired) electrons. The first kappa shape index (κ1) is 15.3. The van der Waals surface area contributed by atoms with Crippen LogP contribution in [-0.2, 0) is 4.74 Å². The van der Waals surface area contributed by atoms with Gasteiger partial charge in [-0.05, 0) is 60.9 Å². The van der Waals surface area contributed by atoms with Crippen LogP contribution in [0.2, 0.25) is 0 Å². The largest absolute Gasteiger partial charge is 0.465 e. The fraction of sp³-hybridized carbons (Fsp3) is 0.381. The van der Waals surface area contributed by atoms with Crippen molar-refractivity contribution in [2.24, 2.45) is 5.92 Å². The zero-order valence-electron chi connectivity index (χ0n) is 14.2. The first-order chi connectivity index (χ1) is 11.7. The Balaban J connectivity index is 1.68. The van der Waals surface area contributed by atoms with Crippen molar-refractivity contribution in [1.82, 2.24) is 0 Å². The van der Waals surface area contributed by atoms with Crippen molar-refractivity contribution >= 4 is 11.7 Å². The van der Waals surface area contributed by atoms with Crippen molar-refractivity contribution < 1.29 is 9.53 Å². The maximum absolute atomic E-state index is 11.6. The third-order valence-corrected chi connectivity index (χ3v) is 5.61. The van der Waals surface area contributed by atoms with E-state index in [9.17, 15) is 4.79 Å². The third kappa shape index (κ3) is 2.48. The maximum Gasteiger partial charge on any atom is 0.337 e. The number of fused-ring (bicyclic) bond motifs is 3. The fourth-order valence-corrected chi connectivity index (χ4v) is 4.44. The highest BCUT2D eigenvalue weighted by molar-refractivity contribution is 5.89. The molecule has 1 aliphatic heterocycles. The summed E-state index contributed by atoms with van der Waals surface area (Å²) in [5, 5.41) is 3.76. The minimum absolute atomic E-state index is 0.280. The van der Waals surface area contributed by atoms with E-state index in [4.69, 9.17) is 4.74 Å². The van der Waals surface area contributed by atoms with Crippen LogP contribution < -0.4 is 5.32 Å². The van der Waals surface area contributed by atoms with Crippen LogP contribution in [0.4, 0.5) is 5.69 Å². The van der Waals surface area contributed by atoms with E-state index in [2.05, 4.69) is 42.6 Å². The number of carbonyl (C=O) groups excluding carboxylic acids is 1. The van der Waals surface area contributed by atoms with Gasteiger partial charge in [0, 0.05) is 5.69 Å². The summed E-state index contributed by atoms with van der Waals surface area (Å²) in [7, 11) is 1.42. The van der Waals surface area contributed by atoms with Gasteiger partial charge in [-0.2, -0.15) is 0 Å². The van der Waals surface area contributed by atoms with Gasteiger partial charge in [-0.1, -0.05) is 36.2 Å². The molecule has 0 saturated heterocycles. The van der Waals surface area contributed by atoms with E-state index in [1.807, 2.05) is 12.1 Å². The van der Waals surface area contributed by atoms with Crippen molar-refractivity contribution in [3.63, 3.8) is 0 Å². The Bertz CT molecular complexity index is 766. The molecular weight excluding hydrogens is 298 g/mol. The third-order valence-electron chi connectivity index (χ3n) is 5.61. The predicted octanol–water partition coefficient (Wildman–Crippen LogP) is 4.83. The summed E-state index contributed by atoms with van der Waals surface area (Å²) in [4.78, 5) is 11.6. The van der Waals surface area contributed by atoms with Gasteiger partial charge in [0.2, 0.25) is 0 Å². The molecule has 1 fully saturated rings. The molecule has 0 unspecified atom stereocenters. The van der Waals surface area contributed by atoms with E-state index < -0.39 is 0 Å². The molecule has 3 heteroatoms. The fourth-order valence-electron chi connectivity index (χ4n) is 4.44. The van der Waals surface area contributed by atoms with Crippen molar-refractivity contribution in [3.05, 3.63) is 64.7 Å². The number of carbonyl (C=O) groups is 1. The molecule has 1 aliphatic carbocycles. The second kappa shape index (κ2) is 5.97. The van der Waals surface area contributed by atoms with E-state index in [1.165, 1.54) is 48.8 Å². The van der Waals surface area contributed by atoms with Crippen molar-refractivity contribution in [2.75, 3.05) is 12.4 Å². The van der Waals surface area contributed by atoms with Crippen LogP contribution in [0.15, 0.2) is 42.5 Å². The highest BCUT2D eigenvalue weighted by Crippen LogP contribution is 2.52. The topological polar surface area (TPSA) is 38.3 Å². The Labute approximate surface area is 143 Å². The van der Waals surface area contributed by atoms with E-state index in [0.29, 0.717) is 23.4 Å². The van der Waals surface area contributed by atoms with E-state index in [0.717, 1.165) is 0 Å². The lowest BCUT2D eigenvalue weighted by Crippen LogP contribution is -2.28. The van der Waals surface area contributed by atoms with Gasteiger partial charge in [0.1, 0.15) is 0 Å². The number of anilines is 1. The number of methoxy groups -OCH3 is 1. The van der Waals surface area contributed by atoms with E-state index in [-0.39, 0.29) is 5.97 Å². The van der Waals surface area contributed by atoms with Crippen LogP contribution in [0, 0.1) is 12.8 Å². The van der Waals surface area contributed by atoms with Crippen molar-refractivity contribution in [1.29, 1.82) is 0 Å². The van der Waals surface area contributed by atoms with Gasteiger partial charge in [-0.3, -0.25) is 0 Å². The highest BCUT2D eigenvalue weighted by Gasteiger charge is 2.40. The minimum Gasteiger partial charge on any atom is -0.465 e. The smallest absolute Gasteiger partial charge is 0.337 e. The molecule has 24 heavy (non-hydrogen) atoms. The van der Waals surface area contributed by atoms with Crippen LogP contribution in [-0.4, -0.2) is 13.1 Å². The summed E-state index contributed by atoms with van der Waals surface area (Å²) in [6, 6.07) is 14.9. The summed E-state index contributed by atoms with van der Waals surface area (Å²) >= 11 is 0. The molecule has 4 rings (SSSR count). The summed E-state index contributed by atoms with van der Waals surface area (Å²) < 4.78 is 4.79. The standard InChI is InChI=1S/C21H23NO2/c1-13-6-11-19-18(12-13)16-4-3-5-17(16)20(22-19)14-7-9-15(10-8-14)21(23)24-2/h6-12,16-17,20,22H,3-5H2,1-2H3/t16-,17+,20+/m1/s1. The molecule has 2 aromatic carbocycles. The van der Waals surface area contributed by atoms with Gasteiger partial charge in [0.15, 0.2) is 0 Å². The molecule has 0 aromatic heterocycles. The zero-order valence-corrected chi connectivity index (χ0v) is 14.2. The molecule has 2 aliphatic rings.